The van der Waals surface area contributed by atoms with Crippen LogP contribution < -0.4 is 0 Å². The molecule has 0 aliphatic carbocycles. The van der Waals surface area contributed by atoms with Gasteiger partial charge in [-0.2, -0.15) is 0 Å². The van der Waals surface area contributed by atoms with E-state index >= 15 is 0 Å². The molecule has 0 radical (unpaired) electrons. The Morgan fingerprint density at radius 3 is 2.40 bits per heavy atom. The first-order valence-electron chi connectivity index (χ1n) is 2.15. The highest BCUT2D eigenvalue weighted by atomic mass is 35.5. The maximum absolute atomic E-state index is 10.3. The third-order valence-electron chi connectivity index (χ3n) is 0.787. The molecule has 56 valence electrons. The summed E-state index contributed by atoms with van der Waals surface area (Å²) in [6.07, 6.45) is 0. The van der Waals surface area contributed by atoms with Crippen LogP contribution in [-0.2, 0) is 11.1 Å². The van der Waals surface area contributed by atoms with Crippen LogP contribution in [0.3, 0.4) is 0 Å². The molecule has 2 nitrogen and oxygen atoms in total. The fourth-order valence-electron chi connectivity index (χ4n) is 0.409. The molecule has 1 heterocycles. The molecule has 1 rings (SSSR count). The SMILES string of the molecule is O=S([O-])c1cc(Cl)c(Cl)s1. The maximum atomic E-state index is 10.3. The van der Waals surface area contributed by atoms with Crippen LogP contribution in [0.15, 0.2) is 10.3 Å². The van der Waals surface area contributed by atoms with Crippen LogP contribution in [0.4, 0.5) is 0 Å². The smallest absolute Gasteiger partial charge is 0.113 e. The lowest BCUT2D eigenvalue weighted by Crippen LogP contribution is -1.80. The third-order valence-corrected chi connectivity index (χ3v) is 3.55. The van der Waals surface area contributed by atoms with Crippen molar-refractivity contribution in [3.8, 4) is 0 Å². The van der Waals surface area contributed by atoms with Crippen molar-refractivity contribution in [1.82, 2.24) is 0 Å². The van der Waals surface area contributed by atoms with E-state index in [4.69, 9.17) is 23.2 Å². The zero-order valence-corrected chi connectivity index (χ0v) is 7.61. The zero-order chi connectivity index (χ0) is 7.72. The molecule has 0 aromatic carbocycles. The molecule has 0 aliphatic heterocycles. The molecule has 0 N–H and O–H groups in total. The Labute approximate surface area is 74.1 Å². The molecule has 0 saturated heterocycles. The summed E-state index contributed by atoms with van der Waals surface area (Å²) >= 11 is 9.69. The minimum Gasteiger partial charge on any atom is -0.768 e. The molecule has 6 heteroatoms. The van der Waals surface area contributed by atoms with Crippen molar-refractivity contribution >= 4 is 45.6 Å². The molecule has 1 aromatic rings. The van der Waals surface area contributed by atoms with Gasteiger partial charge in [-0.15, -0.1) is 11.3 Å². The fraction of sp³-hybridized carbons (Fsp3) is 0. The van der Waals surface area contributed by atoms with Crippen molar-refractivity contribution in [3.05, 3.63) is 15.4 Å². The minimum atomic E-state index is -2.22. The first-order chi connectivity index (χ1) is 4.61. The summed E-state index contributed by atoms with van der Waals surface area (Å²) in [5, 5.41) is 0.283. The highest BCUT2D eigenvalue weighted by Crippen LogP contribution is 2.32. The number of hydrogen-bond donors (Lipinski definition) is 0. The second-order valence-electron chi connectivity index (χ2n) is 1.42. The Morgan fingerprint density at radius 2 is 2.20 bits per heavy atom. The largest absolute Gasteiger partial charge is 0.768 e. The van der Waals surface area contributed by atoms with Gasteiger partial charge in [-0.05, 0) is 17.1 Å². The van der Waals surface area contributed by atoms with Gasteiger partial charge in [0.1, 0.15) is 4.34 Å². The molecule has 0 spiro atoms. The summed E-state index contributed by atoms with van der Waals surface area (Å²) in [5.41, 5.74) is 0. The summed E-state index contributed by atoms with van der Waals surface area (Å²) in [4.78, 5) is 0. The van der Waals surface area contributed by atoms with Crippen molar-refractivity contribution in [2.75, 3.05) is 0 Å². The molecule has 0 amide bonds. The molecular formula is C4HCl2O2S2-. The predicted molar refractivity (Wildman–Crippen MR) is 41.5 cm³/mol. The topological polar surface area (TPSA) is 40.1 Å². The van der Waals surface area contributed by atoms with Gasteiger partial charge in [0.05, 0.1) is 9.23 Å². The molecule has 1 atom stereocenters. The van der Waals surface area contributed by atoms with Gasteiger partial charge in [-0.1, -0.05) is 23.2 Å². The van der Waals surface area contributed by atoms with E-state index in [2.05, 4.69) is 0 Å². The van der Waals surface area contributed by atoms with Crippen LogP contribution in [0.1, 0.15) is 0 Å². The molecule has 0 fully saturated rings. The lowest BCUT2D eigenvalue weighted by atomic mass is 10.7. The van der Waals surface area contributed by atoms with E-state index in [0.717, 1.165) is 11.3 Å². The maximum Gasteiger partial charge on any atom is 0.113 e. The van der Waals surface area contributed by atoms with Crippen molar-refractivity contribution in [2.24, 2.45) is 0 Å². The van der Waals surface area contributed by atoms with Crippen LogP contribution in [0.5, 0.6) is 0 Å². The summed E-state index contributed by atoms with van der Waals surface area (Å²) in [6, 6.07) is 1.32. The monoisotopic (exact) mass is 215 g/mol. The van der Waals surface area contributed by atoms with Gasteiger partial charge >= 0.3 is 0 Å². The standard InChI is InChI=1S/C4H2Cl2O2S2/c5-2-1-3(10(7)8)9-4(2)6/h1H,(H,7,8)/p-1. The predicted octanol–water partition coefficient (Wildman–Crippen LogP) is 2.29. The van der Waals surface area contributed by atoms with Gasteiger partial charge in [0, 0.05) is 0 Å². The van der Waals surface area contributed by atoms with E-state index in [9.17, 15) is 8.76 Å². The summed E-state index contributed by atoms with van der Waals surface area (Å²) < 4.78 is 21.0. The van der Waals surface area contributed by atoms with E-state index in [1.165, 1.54) is 6.07 Å². The van der Waals surface area contributed by atoms with Crippen molar-refractivity contribution in [1.29, 1.82) is 0 Å². The quantitative estimate of drug-likeness (QED) is 0.675. The number of thiophene rings is 1. The van der Waals surface area contributed by atoms with Crippen molar-refractivity contribution < 1.29 is 8.76 Å². The summed E-state index contributed by atoms with van der Waals surface area (Å²) in [6.45, 7) is 0. The van der Waals surface area contributed by atoms with Gasteiger partial charge in [-0.3, -0.25) is 4.21 Å². The molecule has 1 unspecified atom stereocenters. The molecule has 0 aliphatic rings. The minimum absolute atomic E-state index is 0.162. The third kappa shape index (κ3) is 1.71. The van der Waals surface area contributed by atoms with E-state index in [1.54, 1.807) is 0 Å². The van der Waals surface area contributed by atoms with E-state index in [1.807, 2.05) is 0 Å². The fourth-order valence-corrected chi connectivity index (χ4v) is 2.45. The Balaban J connectivity index is 3.10. The van der Waals surface area contributed by atoms with Crippen LogP contribution in [0, 0.1) is 0 Å². The number of hydrogen-bond acceptors (Lipinski definition) is 3. The highest BCUT2D eigenvalue weighted by molar-refractivity contribution is 7.81. The lowest BCUT2D eigenvalue weighted by molar-refractivity contribution is 0.539. The van der Waals surface area contributed by atoms with E-state index < -0.39 is 11.1 Å². The average molecular weight is 216 g/mol. The molecular weight excluding hydrogens is 215 g/mol. The second-order valence-corrected chi connectivity index (χ2v) is 4.65. The van der Waals surface area contributed by atoms with Crippen LogP contribution in [-0.4, -0.2) is 8.76 Å². The molecule has 10 heavy (non-hydrogen) atoms. The lowest BCUT2D eigenvalue weighted by Gasteiger charge is -1.96. The Morgan fingerprint density at radius 1 is 1.60 bits per heavy atom. The summed E-state index contributed by atoms with van der Waals surface area (Å²) in [5.74, 6) is 0. The van der Waals surface area contributed by atoms with Crippen molar-refractivity contribution in [2.45, 2.75) is 4.21 Å². The summed E-state index contributed by atoms with van der Waals surface area (Å²) in [7, 11) is 0. The van der Waals surface area contributed by atoms with Gasteiger partial charge in [0.15, 0.2) is 0 Å². The van der Waals surface area contributed by atoms with E-state index in [0.29, 0.717) is 4.34 Å². The highest BCUT2D eigenvalue weighted by Gasteiger charge is 2.03. The molecule has 0 saturated carbocycles. The van der Waals surface area contributed by atoms with Crippen LogP contribution in [0.25, 0.3) is 0 Å². The van der Waals surface area contributed by atoms with E-state index in [-0.39, 0.29) is 9.23 Å². The zero-order valence-electron chi connectivity index (χ0n) is 4.47. The first kappa shape index (κ1) is 8.49. The van der Waals surface area contributed by atoms with Crippen LogP contribution >= 0.6 is 34.5 Å². The second kappa shape index (κ2) is 3.19. The first-order valence-corrected chi connectivity index (χ1v) is 4.80. The Hall–Kier alpha value is 0.390. The Bertz CT molecular complexity index is 251. The Kier molecular flexibility index (Phi) is 2.71. The van der Waals surface area contributed by atoms with Gasteiger partial charge in [0.25, 0.3) is 0 Å². The van der Waals surface area contributed by atoms with Gasteiger partial charge in [-0.25, -0.2) is 0 Å². The normalized spacial score (nSPS) is 13.5. The van der Waals surface area contributed by atoms with Gasteiger partial charge < -0.3 is 4.55 Å². The van der Waals surface area contributed by atoms with Gasteiger partial charge in [0.2, 0.25) is 0 Å². The van der Waals surface area contributed by atoms with Crippen LogP contribution in [0.2, 0.25) is 9.36 Å². The average Bonchev–Trinajstić information content (AvgIpc) is 2.13. The van der Waals surface area contributed by atoms with Crippen molar-refractivity contribution in [3.63, 3.8) is 0 Å². The molecule has 0 bridgehead atoms. The number of halogens is 2. The molecule has 1 aromatic heterocycles. The number of rotatable bonds is 1.